The van der Waals surface area contributed by atoms with E-state index < -0.39 is 0 Å². The van der Waals surface area contributed by atoms with E-state index in [1.165, 1.54) is 0 Å². The molecule has 2 aromatic heterocycles. The quantitative estimate of drug-likeness (QED) is 0.466. The molecule has 41 heavy (non-hydrogen) atoms. The first kappa shape index (κ1) is 27.5. The van der Waals surface area contributed by atoms with Gasteiger partial charge in [-0.1, -0.05) is 0 Å². The summed E-state index contributed by atoms with van der Waals surface area (Å²) in [6.07, 6.45) is 3.47. The van der Waals surface area contributed by atoms with Gasteiger partial charge in [-0.25, -0.2) is 4.98 Å². The molecule has 3 fully saturated rings. The first-order valence-electron chi connectivity index (χ1n) is 14.3. The Morgan fingerprint density at radius 3 is 2.51 bits per heavy atom. The van der Waals surface area contributed by atoms with Crippen LogP contribution < -0.4 is 20.4 Å². The smallest absolute Gasteiger partial charge is 0.227 e. The number of anilines is 3. The van der Waals surface area contributed by atoms with Crippen LogP contribution in [-0.2, 0) is 9.47 Å². The Morgan fingerprint density at radius 1 is 1.00 bits per heavy atom. The number of aromatic nitrogens is 4. The van der Waals surface area contributed by atoms with Gasteiger partial charge in [0.25, 0.3) is 0 Å². The summed E-state index contributed by atoms with van der Waals surface area (Å²) in [4.78, 5) is 28.0. The molecule has 6 rings (SSSR count). The minimum Gasteiger partial charge on any atom is -0.378 e. The van der Waals surface area contributed by atoms with Crippen LogP contribution in [0.1, 0.15) is 18.2 Å². The van der Waals surface area contributed by atoms with E-state index in [4.69, 9.17) is 25.2 Å². The number of fused-ring (bicyclic) bond motifs is 1. The van der Waals surface area contributed by atoms with Crippen molar-refractivity contribution < 1.29 is 9.47 Å². The molecule has 2 N–H and O–H groups in total. The number of nitriles is 1. The summed E-state index contributed by atoms with van der Waals surface area (Å²) >= 11 is 0. The second-order valence-electron chi connectivity index (χ2n) is 11.3. The SMILES string of the molecule is CO[C@@H]1CN(c2cc(C)nc(N3CCN(C[C@H]4CN(c5ccc(C#N)c6nccnc56)C[C@@H](C)O4)CC3)n2)C[C@H]1N. The lowest BCUT2D eigenvalue weighted by Gasteiger charge is -2.42. The lowest BCUT2D eigenvalue weighted by Crippen LogP contribution is -2.54. The zero-order chi connectivity index (χ0) is 28.5. The van der Waals surface area contributed by atoms with Crippen molar-refractivity contribution in [1.82, 2.24) is 24.8 Å². The Morgan fingerprint density at radius 2 is 1.78 bits per heavy atom. The number of aryl methyl sites for hydroxylation is 1. The maximum Gasteiger partial charge on any atom is 0.227 e. The first-order valence-corrected chi connectivity index (χ1v) is 14.3. The predicted molar refractivity (Wildman–Crippen MR) is 157 cm³/mol. The molecule has 0 spiro atoms. The van der Waals surface area contributed by atoms with Crippen LogP contribution in [0, 0.1) is 18.3 Å². The van der Waals surface area contributed by atoms with Crippen LogP contribution in [-0.4, -0.2) is 115 Å². The van der Waals surface area contributed by atoms with Crippen LogP contribution in [0.3, 0.4) is 0 Å². The fourth-order valence-corrected chi connectivity index (χ4v) is 6.22. The highest BCUT2D eigenvalue weighted by molar-refractivity contribution is 5.92. The summed E-state index contributed by atoms with van der Waals surface area (Å²) in [7, 11) is 1.71. The Labute approximate surface area is 240 Å². The lowest BCUT2D eigenvalue weighted by atomic mass is 10.1. The number of ether oxygens (including phenoxy) is 2. The number of hydrogen-bond donors (Lipinski definition) is 1. The molecule has 12 nitrogen and oxygen atoms in total. The van der Waals surface area contributed by atoms with E-state index in [0.29, 0.717) is 11.1 Å². The van der Waals surface area contributed by atoms with E-state index in [1.54, 1.807) is 19.5 Å². The molecule has 0 bridgehead atoms. The maximum atomic E-state index is 9.52. The third-order valence-electron chi connectivity index (χ3n) is 8.27. The van der Waals surface area contributed by atoms with Gasteiger partial charge in [-0.15, -0.1) is 0 Å². The van der Waals surface area contributed by atoms with Crippen molar-refractivity contribution in [1.29, 1.82) is 5.26 Å². The summed E-state index contributed by atoms with van der Waals surface area (Å²) in [6.45, 7) is 11.5. The fraction of sp³-hybridized carbons (Fsp3) is 0.552. The number of methoxy groups -OCH3 is 1. The third-order valence-corrected chi connectivity index (χ3v) is 8.27. The van der Waals surface area contributed by atoms with E-state index in [1.807, 2.05) is 25.1 Å². The zero-order valence-electron chi connectivity index (χ0n) is 24.0. The van der Waals surface area contributed by atoms with Gasteiger partial charge in [-0.2, -0.15) is 10.2 Å². The highest BCUT2D eigenvalue weighted by Gasteiger charge is 2.33. The molecular weight excluding hydrogens is 520 g/mol. The van der Waals surface area contributed by atoms with Crippen molar-refractivity contribution in [2.24, 2.45) is 5.73 Å². The minimum atomic E-state index is -0.0218. The first-order chi connectivity index (χ1) is 19.9. The molecule has 3 aliphatic heterocycles. The van der Waals surface area contributed by atoms with Crippen molar-refractivity contribution in [3.05, 3.63) is 41.9 Å². The van der Waals surface area contributed by atoms with Crippen LogP contribution in [0.4, 0.5) is 17.5 Å². The summed E-state index contributed by atoms with van der Waals surface area (Å²) in [6, 6.07) is 8.07. The molecule has 3 aliphatic rings. The molecule has 0 saturated carbocycles. The normalized spacial score (nSPS) is 25.6. The van der Waals surface area contributed by atoms with Gasteiger partial charge in [0.2, 0.25) is 5.95 Å². The number of morpholine rings is 1. The average molecular weight is 559 g/mol. The molecule has 0 amide bonds. The van der Waals surface area contributed by atoms with Crippen LogP contribution in [0.25, 0.3) is 11.0 Å². The summed E-state index contributed by atoms with van der Waals surface area (Å²) in [5.41, 5.74) is 10.2. The van der Waals surface area contributed by atoms with Gasteiger partial charge in [-0.05, 0) is 26.0 Å². The fourth-order valence-electron chi connectivity index (χ4n) is 6.22. The van der Waals surface area contributed by atoms with Crippen molar-refractivity contribution >= 4 is 28.5 Å². The van der Waals surface area contributed by atoms with E-state index in [-0.39, 0.29) is 24.4 Å². The molecule has 3 aromatic rings. The lowest BCUT2D eigenvalue weighted by molar-refractivity contribution is -0.0327. The van der Waals surface area contributed by atoms with E-state index in [2.05, 4.69) is 42.6 Å². The number of hydrogen-bond acceptors (Lipinski definition) is 12. The molecule has 1 aromatic carbocycles. The van der Waals surface area contributed by atoms with Gasteiger partial charge >= 0.3 is 0 Å². The molecular formula is C29H38N10O2. The number of rotatable bonds is 6. The Kier molecular flexibility index (Phi) is 7.86. The number of benzene rings is 1. The van der Waals surface area contributed by atoms with Gasteiger partial charge in [0, 0.05) is 90.2 Å². The summed E-state index contributed by atoms with van der Waals surface area (Å²) < 4.78 is 11.9. The molecule has 0 radical (unpaired) electrons. The highest BCUT2D eigenvalue weighted by atomic mass is 16.5. The van der Waals surface area contributed by atoms with E-state index in [0.717, 1.165) is 87.6 Å². The van der Waals surface area contributed by atoms with E-state index in [9.17, 15) is 5.26 Å². The number of nitrogens with two attached hydrogens (primary N) is 1. The predicted octanol–water partition coefficient (Wildman–Crippen LogP) is 1.18. The standard InChI is InChI=1S/C29H38N10O2/c1-19-12-26(39-17-23(31)25(18-39)40-3)35-29(34-19)37-10-8-36(9-11-37)15-22-16-38(14-20(2)41-22)24-5-4-21(13-30)27-28(24)33-7-6-32-27/h4-7,12,20,22-23,25H,8-11,14-18,31H2,1-3H3/t20-,22+,23-,25-/m1/s1. The van der Waals surface area contributed by atoms with Crippen molar-refractivity contribution in [2.45, 2.75) is 38.2 Å². The average Bonchev–Trinajstić information content (AvgIpc) is 3.37. The van der Waals surface area contributed by atoms with Gasteiger partial charge in [-0.3, -0.25) is 14.9 Å². The number of piperazine rings is 1. The monoisotopic (exact) mass is 558 g/mol. The van der Waals surface area contributed by atoms with Crippen LogP contribution >= 0.6 is 0 Å². The zero-order valence-corrected chi connectivity index (χ0v) is 24.0. The van der Waals surface area contributed by atoms with Crippen LogP contribution in [0.5, 0.6) is 0 Å². The molecule has 216 valence electrons. The Bertz CT molecular complexity index is 1420. The van der Waals surface area contributed by atoms with Crippen molar-refractivity contribution in [3.8, 4) is 6.07 Å². The summed E-state index contributed by atoms with van der Waals surface area (Å²) in [5.74, 6) is 1.69. The molecule has 3 saturated heterocycles. The Hall–Kier alpha value is -3.63. The van der Waals surface area contributed by atoms with Gasteiger partial charge in [0.1, 0.15) is 22.9 Å². The Balaban J connectivity index is 1.09. The molecule has 0 unspecified atom stereocenters. The molecule has 5 heterocycles. The van der Waals surface area contributed by atoms with Gasteiger partial charge in [0.05, 0.1) is 35.6 Å². The summed E-state index contributed by atoms with van der Waals surface area (Å²) in [5, 5.41) is 9.52. The number of nitrogens with zero attached hydrogens (tertiary/aromatic N) is 9. The molecule has 4 atom stereocenters. The van der Waals surface area contributed by atoms with Gasteiger partial charge in [0.15, 0.2) is 0 Å². The van der Waals surface area contributed by atoms with Crippen LogP contribution in [0.15, 0.2) is 30.6 Å². The van der Waals surface area contributed by atoms with Crippen LogP contribution in [0.2, 0.25) is 0 Å². The second-order valence-corrected chi connectivity index (χ2v) is 11.3. The van der Waals surface area contributed by atoms with Crippen molar-refractivity contribution in [2.75, 3.05) is 80.7 Å². The highest BCUT2D eigenvalue weighted by Crippen LogP contribution is 2.29. The maximum absolute atomic E-state index is 9.52. The second kappa shape index (κ2) is 11.7. The third kappa shape index (κ3) is 5.76. The molecule has 12 heteroatoms. The largest absolute Gasteiger partial charge is 0.378 e. The topological polar surface area (TPSA) is 133 Å². The minimum absolute atomic E-state index is 0.0153. The van der Waals surface area contributed by atoms with E-state index >= 15 is 0 Å². The molecule has 0 aliphatic carbocycles. The van der Waals surface area contributed by atoms with Crippen molar-refractivity contribution in [3.63, 3.8) is 0 Å². The van der Waals surface area contributed by atoms with Gasteiger partial charge < -0.3 is 29.9 Å².